The molecule has 0 radical (unpaired) electrons. The first-order valence-electron chi connectivity index (χ1n) is 19.0. The van der Waals surface area contributed by atoms with Crippen LogP contribution in [0.1, 0.15) is 64.2 Å². The zero-order valence-electron chi connectivity index (χ0n) is 32.0. The minimum atomic E-state index is -0.695. The van der Waals surface area contributed by atoms with Crippen molar-refractivity contribution in [3.8, 4) is 23.0 Å². The number of rotatable bonds is 30. The zero-order chi connectivity index (χ0) is 40.1. The predicted octanol–water partition coefficient (Wildman–Crippen LogP) is 7.79. The van der Waals surface area contributed by atoms with Gasteiger partial charge < -0.3 is 37.9 Å². The van der Waals surface area contributed by atoms with Crippen molar-refractivity contribution in [3.05, 3.63) is 110 Å². The average molecular weight is 775 g/mol. The molecule has 0 spiro atoms. The Kier molecular flexibility index (Phi) is 22.1. The normalized spacial score (nSPS) is 11.6. The van der Waals surface area contributed by atoms with Crippen molar-refractivity contribution < 1.29 is 57.1 Å². The molecule has 56 heavy (non-hydrogen) atoms. The van der Waals surface area contributed by atoms with Crippen LogP contribution in [0, 0.1) is 0 Å². The number of unbranched alkanes of at least 4 members (excludes halogenated alkanes) is 6. The lowest BCUT2D eigenvalue weighted by Gasteiger charge is -2.20. The fourth-order valence-corrected chi connectivity index (χ4v) is 5.08. The minimum absolute atomic E-state index is 0.0296. The van der Waals surface area contributed by atoms with E-state index in [4.69, 9.17) is 37.9 Å². The summed E-state index contributed by atoms with van der Waals surface area (Å²) in [6, 6.07) is 25.4. The van der Waals surface area contributed by atoms with Gasteiger partial charge in [0.05, 0.1) is 13.2 Å². The third-order valence-corrected chi connectivity index (χ3v) is 8.00. The van der Waals surface area contributed by atoms with Crippen molar-refractivity contribution in [2.24, 2.45) is 0 Å². The van der Waals surface area contributed by atoms with Crippen molar-refractivity contribution >= 4 is 23.9 Å². The van der Waals surface area contributed by atoms with Crippen LogP contribution in [0.15, 0.2) is 110 Å². The molecule has 302 valence electrons. The van der Waals surface area contributed by atoms with Gasteiger partial charge in [0.15, 0.2) is 12.2 Å². The van der Waals surface area contributed by atoms with Crippen molar-refractivity contribution in [1.29, 1.82) is 0 Å². The maximum atomic E-state index is 12.8. The van der Waals surface area contributed by atoms with Crippen molar-refractivity contribution in [2.45, 2.75) is 76.4 Å². The first-order chi connectivity index (χ1) is 27.3. The highest BCUT2D eigenvalue weighted by Crippen LogP contribution is 2.21. The molecule has 3 rings (SSSR count). The molecule has 3 aromatic carbocycles. The molecule has 0 N–H and O–H groups in total. The van der Waals surface area contributed by atoms with E-state index in [9.17, 15) is 19.2 Å². The Morgan fingerprint density at radius 1 is 0.464 bits per heavy atom. The zero-order valence-corrected chi connectivity index (χ0v) is 32.0. The van der Waals surface area contributed by atoms with Gasteiger partial charge in [0.1, 0.15) is 49.4 Å². The smallest absolute Gasteiger partial charge is 0.330 e. The summed E-state index contributed by atoms with van der Waals surface area (Å²) in [5.74, 6) is 0.608. The van der Waals surface area contributed by atoms with Gasteiger partial charge in [-0.15, -0.1) is 0 Å². The lowest BCUT2D eigenvalue weighted by atomic mass is 10.1. The number of benzene rings is 3. The number of para-hydroxylation sites is 2. The Morgan fingerprint density at radius 2 is 0.821 bits per heavy atom. The molecule has 0 aliphatic carbocycles. The van der Waals surface area contributed by atoms with Crippen molar-refractivity contribution in [3.63, 3.8) is 0 Å². The standard InChI is InChI=1S/C44H54O12/c1-3-41(45)49-28-17-7-5-15-26-43(47)55-39(31-51-35-20-11-9-12-21-35)33-53-37-24-19-25-38(30-37)54-34-40(32-52-36-22-13-10-14-23-36)56-44(48)27-16-6-8-18-29-50-42(46)4-2/h3-4,9-14,19-25,30,39-40H,1-2,5-8,15-18,26-29,31-34H2. The quantitative estimate of drug-likeness (QED) is 0.0283. The van der Waals surface area contributed by atoms with Crippen LogP contribution in [-0.2, 0) is 38.1 Å². The van der Waals surface area contributed by atoms with Gasteiger partial charge in [-0.1, -0.05) is 81.3 Å². The van der Waals surface area contributed by atoms with E-state index < -0.39 is 24.1 Å². The SMILES string of the molecule is C=CC(=O)OCCCCCCC(=O)OC(COc1ccccc1)COc1cccc(OCC(COc2ccccc2)OC(=O)CCCCCCOC(=O)C=C)c1. The van der Waals surface area contributed by atoms with Gasteiger partial charge >= 0.3 is 23.9 Å². The molecule has 2 unspecified atom stereocenters. The fourth-order valence-electron chi connectivity index (χ4n) is 5.08. The third kappa shape index (κ3) is 20.6. The minimum Gasteiger partial charge on any atom is -0.490 e. The maximum Gasteiger partial charge on any atom is 0.330 e. The van der Waals surface area contributed by atoms with E-state index in [1.807, 2.05) is 60.7 Å². The van der Waals surface area contributed by atoms with Gasteiger partial charge in [-0.05, 0) is 62.1 Å². The largest absolute Gasteiger partial charge is 0.490 e. The molecule has 12 heteroatoms. The van der Waals surface area contributed by atoms with Crippen molar-refractivity contribution in [1.82, 2.24) is 0 Å². The van der Waals surface area contributed by atoms with E-state index in [1.54, 1.807) is 24.3 Å². The van der Waals surface area contributed by atoms with Crippen molar-refractivity contribution in [2.75, 3.05) is 39.6 Å². The number of carbonyl (C=O) groups excluding carboxylic acids is 4. The van der Waals surface area contributed by atoms with Gasteiger partial charge in [0, 0.05) is 31.1 Å². The fraction of sp³-hybridized carbons (Fsp3) is 0.409. The second-order valence-corrected chi connectivity index (χ2v) is 12.6. The molecule has 0 heterocycles. The Bertz CT molecular complexity index is 1480. The van der Waals surface area contributed by atoms with E-state index in [-0.39, 0.29) is 51.2 Å². The molecule has 0 aliphatic rings. The Hall–Kier alpha value is -5.78. The summed E-state index contributed by atoms with van der Waals surface area (Å²) in [5, 5.41) is 0. The van der Waals surface area contributed by atoms with Gasteiger partial charge in [0.25, 0.3) is 0 Å². The Balaban J connectivity index is 1.50. The second-order valence-electron chi connectivity index (χ2n) is 12.6. The van der Waals surface area contributed by atoms with Gasteiger partial charge in [-0.25, -0.2) is 9.59 Å². The topological polar surface area (TPSA) is 142 Å². The summed E-state index contributed by atoms with van der Waals surface area (Å²) in [7, 11) is 0. The van der Waals surface area contributed by atoms with Crippen LogP contribution < -0.4 is 18.9 Å². The van der Waals surface area contributed by atoms with E-state index in [0.717, 1.165) is 37.8 Å². The van der Waals surface area contributed by atoms with Gasteiger partial charge in [-0.2, -0.15) is 0 Å². The lowest BCUT2D eigenvalue weighted by Crippen LogP contribution is -2.31. The van der Waals surface area contributed by atoms with Crippen LogP contribution in [0.2, 0.25) is 0 Å². The number of hydrogen-bond donors (Lipinski definition) is 0. The highest BCUT2D eigenvalue weighted by atomic mass is 16.6. The molecule has 2 atom stereocenters. The summed E-state index contributed by atoms with van der Waals surface area (Å²) in [6.07, 6.45) is 7.17. The number of hydrogen-bond acceptors (Lipinski definition) is 12. The lowest BCUT2D eigenvalue weighted by molar-refractivity contribution is -0.153. The predicted molar refractivity (Wildman–Crippen MR) is 210 cm³/mol. The molecule has 0 fully saturated rings. The monoisotopic (exact) mass is 774 g/mol. The van der Waals surface area contributed by atoms with E-state index in [0.29, 0.717) is 61.9 Å². The summed E-state index contributed by atoms with van der Waals surface area (Å²) in [5.41, 5.74) is 0. The second kappa shape index (κ2) is 27.7. The molecule has 0 aromatic heterocycles. The number of esters is 4. The summed E-state index contributed by atoms with van der Waals surface area (Å²) in [6.45, 7) is 7.60. The van der Waals surface area contributed by atoms with E-state index >= 15 is 0 Å². The van der Waals surface area contributed by atoms with Gasteiger partial charge in [-0.3, -0.25) is 9.59 Å². The van der Waals surface area contributed by atoms with Crippen LogP contribution in [0.3, 0.4) is 0 Å². The van der Waals surface area contributed by atoms with E-state index in [1.165, 1.54) is 0 Å². The highest BCUT2D eigenvalue weighted by Gasteiger charge is 2.19. The highest BCUT2D eigenvalue weighted by molar-refractivity contribution is 5.81. The van der Waals surface area contributed by atoms with E-state index in [2.05, 4.69) is 13.2 Å². The van der Waals surface area contributed by atoms with Crippen LogP contribution in [0.4, 0.5) is 0 Å². The summed E-state index contributed by atoms with van der Waals surface area (Å²) in [4.78, 5) is 47.8. The number of ether oxygens (including phenoxy) is 8. The molecule has 3 aromatic rings. The number of carbonyl (C=O) groups is 4. The first-order valence-corrected chi connectivity index (χ1v) is 19.0. The molecular formula is C44H54O12. The molecule has 12 nitrogen and oxygen atoms in total. The van der Waals surface area contributed by atoms with Crippen LogP contribution in [-0.4, -0.2) is 75.7 Å². The maximum absolute atomic E-state index is 12.8. The van der Waals surface area contributed by atoms with Crippen LogP contribution >= 0.6 is 0 Å². The summed E-state index contributed by atoms with van der Waals surface area (Å²) < 4.78 is 45.3. The average Bonchev–Trinajstić information content (AvgIpc) is 3.22. The first kappa shape index (κ1) is 44.6. The van der Waals surface area contributed by atoms with Crippen LogP contribution in [0.25, 0.3) is 0 Å². The molecule has 0 saturated heterocycles. The Labute approximate surface area is 329 Å². The van der Waals surface area contributed by atoms with Gasteiger partial charge in [0.2, 0.25) is 0 Å². The Morgan fingerprint density at radius 3 is 1.21 bits per heavy atom. The third-order valence-electron chi connectivity index (χ3n) is 8.00. The summed E-state index contributed by atoms with van der Waals surface area (Å²) >= 11 is 0. The molecule has 0 amide bonds. The molecule has 0 saturated carbocycles. The molecule has 0 bridgehead atoms. The molecule has 0 aliphatic heterocycles. The molecular weight excluding hydrogens is 720 g/mol. The van der Waals surface area contributed by atoms with Crippen LogP contribution in [0.5, 0.6) is 23.0 Å².